The summed E-state index contributed by atoms with van der Waals surface area (Å²) >= 11 is 0. The van der Waals surface area contributed by atoms with Gasteiger partial charge >= 0.3 is 0 Å². The van der Waals surface area contributed by atoms with Crippen LogP contribution in [0.1, 0.15) is 0 Å². The van der Waals surface area contributed by atoms with E-state index in [1.54, 1.807) is 0 Å². The molecule has 0 aliphatic heterocycles. The van der Waals surface area contributed by atoms with Gasteiger partial charge in [-0.15, -0.1) is 0 Å². The molecule has 0 aromatic rings. The van der Waals surface area contributed by atoms with Gasteiger partial charge in [-0.25, -0.2) is 0 Å². The smallest absolute Gasteiger partial charge is 0 e. The summed E-state index contributed by atoms with van der Waals surface area (Å²) in [5.41, 5.74) is 0. The van der Waals surface area contributed by atoms with Crippen molar-refractivity contribution in [2.45, 2.75) is 0 Å². The quantitative estimate of drug-likeness (QED) is 0.222. The molecule has 0 aromatic carbocycles. The molecule has 0 unspecified atom stereocenters. The minimum Gasteiger partial charge on any atom is -0.813 e. The second kappa shape index (κ2) is 35.2. The number of halogens is 1. The third-order valence-electron chi connectivity index (χ3n) is 0. The molecular formula is CH5AgFS-2. The van der Waals surface area contributed by atoms with Crippen molar-refractivity contribution < 1.29 is 27.1 Å². The van der Waals surface area contributed by atoms with Crippen LogP contribution in [0.15, 0.2) is 0 Å². The van der Waals surface area contributed by atoms with Crippen LogP contribution in [0, 0.1) is 7.43 Å². The van der Waals surface area contributed by atoms with Gasteiger partial charge in [0.05, 0.1) is 0 Å². The Balaban J connectivity index is 0. The fourth-order valence-electron chi connectivity index (χ4n) is 0. The number of hydrogen-bond acceptors (Lipinski definition) is 1. The molecule has 0 aliphatic rings. The molecule has 1 radical (unpaired) electrons. The van der Waals surface area contributed by atoms with Gasteiger partial charge in [0.1, 0.15) is 0 Å². The Morgan fingerprint density at radius 2 is 1.00 bits per heavy atom. The Bertz CT molecular complexity index is 8.00. The Morgan fingerprint density at radius 1 is 1.00 bits per heavy atom. The zero-order valence-electron chi connectivity index (χ0n) is 2.16. The maximum Gasteiger partial charge on any atom is 0 e. The summed E-state index contributed by atoms with van der Waals surface area (Å²) in [5.74, 6) is 0. The van der Waals surface area contributed by atoms with Crippen LogP contribution in [-0.2, 0) is 35.9 Å². The first-order valence-corrected chi connectivity index (χ1v) is 0. The predicted molar refractivity (Wildman–Crippen MR) is 17.7 cm³/mol. The van der Waals surface area contributed by atoms with E-state index in [9.17, 15) is 0 Å². The van der Waals surface area contributed by atoms with Gasteiger partial charge in [0.25, 0.3) is 0 Å². The molecule has 0 aliphatic carbocycles. The van der Waals surface area contributed by atoms with E-state index in [0.717, 1.165) is 0 Å². The van der Waals surface area contributed by atoms with E-state index >= 15 is 0 Å². The average Bonchev–Trinajstić information content (AvgIpc) is 0. The van der Waals surface area contributed by atoms with Crippen LogP contribution in [-0.4, -0.2) is 0 Å². The summed E-state index contributed by atoms with van der Waals surface area (Å²) in [4.78, 5) is 0. The van der Waals surface area contributed by atoms with Crippen LogP contribution in [0.25, 0.3) is 0 Å². The van der Waals surface area contributed by atoms with E-state index in [1.807, 2.05) is 0 Å². The van der Waals surface area contributed by atoms with Gasteiger partial charge in [0, 0.05) is 22.4 Å². The Labute approximate surface area is 48.3 Å². The van der Waals surface area contributed by atoms with Crippen molar-refractivity contribution in [3.8, 4) is 0 Å². The fourth-order valence-corrected chi connectivity index (χ4v) is 0. The molecule has 0 nitrogen and oxygen atoms in total. The molecule has 0 saturated carbocycles. The minimum atomic E-state index is 0. The molecule has 0 bridgehead atoms. The molecule has 0 amide bonds. The summed E-state index contributed by atoms with van der Waals surface area (Å²) in [6.45, 7) is 0. The fraction of sp³-hybridized carbons (Fsp3) is 0. The molecular weight excluding hydrogens is 171 g/mol. The first-order valence-electron chi connectivity index (χ1n) is 0. The molecule has 4 heavy (non-hydrogen) atoms. The second-order valence-electron chi connectivity index (χ2n) is 0. The van der Waals surface area contributed by atoms with Crippen LogP contribution >= 0.6 is 0 Å². The van der Waals surface area contributed by atoms with E-state index in [1.165, 1.54) is 0 Å². The van der Waals surface area contributed by atoms with E-state index in [2.05, 4.69) is 0 Å². The van der Waals surface area contributed by atoms with E-state index in [0.29, 0.717) is 0 Å². The molecule has 0 spiro atoms. The van der Waals surface area contributed by atoms with Crippen molar-refractivity contribution in [3.63, 3.8) is 0 Å². The van der Waals surface area contributed by atoms with Gasteiger partial charge in [-0.2, -0.15) is 0 Å². The molecule has 0 rings (SSSR count). The van der Waals surface area contributed by atoms with E-state index in [-0.39, 0.29) is 48.0 Å². The standard InChI is InChI=1S/CH3.Ag.FH.H2S/h1H3;;1H;1H2/q-1;;;/p-1. The van der Waals surface area contributed by atoms with Crippen LogP contribution in [0.2, 0.25) is 0 Å². The molecule has 0 N–H and O–H groups in total. The van der Waals surface area contributed by atoms with Gasteiger partial charge < -0.3 is 20.9 Å². The van der Waals surface area contributed by atoms with E-state index < -0.39 is 0 Å². The zero-order valence-corrected chi connectivity index (χ0v) is 4.53. The summed E-state index contributed by atoms with van der Waals surface area (Å²) in [6, 6.07) is 0. The van der Waals surface area contributed by atoms with Crippen molar-refractivity contribution in [2.75, 3.05) is 0 Å². The molecule has 35 valence electrons. The largest absolute Gasteiger partial charge is 0.813 e. The number of rotatable bonds is 0. The van der Waals surface area contributed by atoms with Crippen molar-refractivity contribution in [1.29, 1.82) is 0 Å². The Kier molecular flexibility index (Phi) is 687. The normalized spacial score (nSPS) is 0. The molecule has 0 atom stereocenters. The van der Waals surface area contributed by atoms with Crippen molar-refractivity contribution in [2.24, 2.45) is 0 Å². The molecule has 0 fully saturated rings. The van der Waals surface area contributed by atoms with Crippen molar-refractivity contribution in [3.05, 3.63) is 7.43 Å². The predicted octanol–water partition coefficient (Wildman–Crippen LogP) is 0.330. The summed E-state index contributed by atoms with van der Waals surface area (Å²) in [5, 5.41) is 0. The first kappa shape index (κ1) is 77.9. The third-order valence-corrected chi connectivity index (χ3v) is 0. The average molecular weight is 176 g/mol. The summed E-state index contributed by atoms with van der Waals surface area (Å²) < 4.78 is 0. The van der Waals surface area contributed by atoms with Gasteiger partial charge in [-0.1, -0.05) is 0 Å². The minimum absolute atomic E-state index is 0. The van der Waals surface area contributed by atoms with Gasteiger partial charge in [-0.3, -0.25) is 4.70 Å². The van der Waals surface area contributed by atoms with Crippen LogP contribution in [0.5, 0.6) is 0 Å². The summed E-state index contributed by atoms with van der Waals surface area (Å²) in [6.07, 6.45) is 0. The Morgan fingerprint density at radius 3 is 1.00 bits per heavy atom. The molecule has 3 heteroatoms. The monoisotopic (exact) mass is 175 g/mol. The van der Waals surface area contributed by atoms with Crippen LogP contribution in [0.4, 0.5) is 4.70 Å². The number of thiol groups is 1. The van der Waals surface area contributed by atoms with E-state index in [4.69, 9.17) is 0 Å². The zero-order chi connectivity index (χ0) is 0. The topological polar surface area (TPSA) is 0 Å². The van der Waals surface area contributed by atoms with Crippen LogP contribution in [0.3, 0.4) is 0 Å². The summed E-state index contributed by atoms with van der Waals surface area (Å²) in [7, 11) is 0. The Hall–Kier alpha value is 1.02. The van der Waals surface area contributed by atoms with Gasteiger partial charge in [0.15, 0.2) is 0 Å². The maximum atomic E-state index is 0. The van der Waals surface area contributed by atoms with Gasteiger partial charge in [-0.05, 0) is 0 Å². The van der Waals surface area contributed by atoms with Crippen LogP contribution < -0.4 is 0 Å². The van der Waals surface area contributed by atoms with Crippen molar-refractivity contribution in [1.82, 2.24) is 0 Å². The third kappa shape index (κ3) is 11.8. The second-order valence-corrected chi connectivity index (χ2v) is 0. The van der Waals surface area contributed by atoms with Crippen molar-refractivity contribution >= 4 is 13.5 Å². The molecule has 0 saturated heterocycles. The SMILES string of the molecule is F.[Ag].[CH3-].[SH-]. The number of hydrogen-bond donors (Lipinski definition) is 0. The molecule has 0 aromatic heterocycles. The first-order chi connectivity index (χ1) is 0. The molecule has 0 heterocycles. The van der Waals surface area contributed by atoms with Gasteiger partial charge in [0.2, 0.25) is 0 Å². The maximum absolute atomic E-state index is 0.